The molecule has 3 unspecified atom stereocenters. The monoisotopic (exact) mass is 539 g/mol. The van der Waals surface area contributed by atoms with E-state index in [1.807, 2.05) is 26.0 Å². The van der Waals surface area contributed by atoms with Crippen LogP contribution in [-0.2, 0) is 14.4 Å². The van der Waals surface area contributed by atoms with Crippen molar-refractivity contribution < 1.29 is 19.2 Å². The van der Waals surface area contributed by atoms with Crippen molar-refractivity contribution in [2.45, 2.75) is 96.3 Å². The average Bonchev–Trinajstić information content (AvgIpc) is 3.50. The molecule has 0 bridgehead atoms. The maximum absolute atomic E-state index is 13.8. The van der Waals surface area contributed by atoms with E-state index >= 15 is 0 Å². The van der Waals surface area contributed by atoms with Gasteiger partial charge in [0, 0.05) is 30.9 Å². The zero-order valence-electron chi connectivity index (χ0n) is 23.9. The highest BCUT2D eigenvalue weighted by molar-refractivity contribution is 6.01. The minimum absolute atomic E-state index is 0.00299. The summed E-state index contributed by atoms with van der Waals surface area (Å²) in [6.07, 6.45) is 5.17. The second kappa shape index (κ2) is 12.1. The molecular formula is C30H45N5O4. The van der Waals surface area contributed by atoms with Crippen molar-refractivity contribution in [1.82, 2.24) is 15.1 Å². The van der Waals surface area contributed by atoms with Crippen LogP contribution in [0, 0.1) is 5.92 Å². The third-order valence-electron chi connectivity index (χ3n) is 8.71. The summed E-state index contributed by atoms with van der Waals surface area (Å²) in [6, 6.07) is 5.63. The maximum atomic E-state index is 13.8. The van der Waals surface area contributed by atoms with Crippen molar-refractivity contribution in [3.8, 4) is 0 Å². The number of nitrogens with two attached hydrogens (primary N) is 1. The largest absolute Gasteiger partial charge is 0.372 e. The standard InChI is InChI=1S/C30H45N5O4/c1-5-33(6-2)22-12-10-21(11-13-22)27(37)32-23(18-20(3)4)28(38)34-17-14-24-26(34)25(36)19-35(24)29(39)30(31)15-8-7-9-16-30/h10-13,20,23-24,26H,5-9,14-19,31H2,1-4H3,(H,32,37). The Morgan fingerprint density at radius 1 is 1.05 bits per heavy atom. The van der Waals surface area contributed by atoms with E-state index in [2.05, 4.69) is 24.1 Å². The summed E-state index contributed by atoms with van der Waals surface area (Å²) >= 11 is 0. The Morgan fingerprint density at radius 3 is 2.28 bits per heavy atom. The van der Waals surface area contributed by atoms with E-state index in [1.165, 1.54) is 0 Å². The van der Waals surface area contributed by atoms with Crippen LogP contribution in [-0.4, -0.2) is 83.1 Å². The fourth-order valence-corrected chi connectivity index (χ4v) is 6.57. The number of hydrogen-bond donors (Lipinski definition) is 2. The van der Waals surface area contributed by atoms with Crippen LogP contribution < -0.4 is 16.0 Å². The van der Waals surface area contributed by atoms with Gasteiger partial charge in [0.25, 0.3) is 5.91 Å². The molecular weight excluding hydrogens is 494 g/mol. The van der Waals surface area contributed by atoms with Crippen molar-refractivity contribution >= 4 is 29.2 Å². The second-order valence-corrected chi connectivity index (χ2v) is 11.8. The number of carbonyl (C=O) groups excluding carboxylic acids is 4. The molecule has 2 aliphatic heterocycles. The first-order valence-corrected chi connectivity index (χ1v) is 14.7. The average molecular weight is 540 g/mol. The molecule has 39 heavy (non-hydrogen) atoms. The summed E-state index contributed by atoms with van der Waals surface area (Å²) < 4.78 is 0. The Kier molecular flexibility index (Phi) is 8.99. The molecule has 214 valence electrons. The van der Waals surface area contributed by atoms with Gasteiger partial charge in [0.2, 0.25) is 11.8 Å². The van der Waals surface area contributed by atoms with Crippen LogP contribution in [0.25, 0.3) is 0 Å². The SMILES string of the molecule is CCN(CC)c1ccc(C(=O)NC(CC(C)C)C(=O)N2CCC3C2C(=O)CN3C(=O)C2(N)CCCCC2)cc1. The number of amides is 3. The van der Waals surface area contributed by atoms with Gasteiger partial charge < -0.3 is 25.8 Å². The quantitative estimate of drug-likeness (QED) is 0.499. The summed E-state index contributed by atoms with van der Waals surface area (Å²) in [5.74, 6) is -0.693. The smallest absolute Gasteiger partial charge is 0.251 e. The van der Waals surface area contributed by atoms with Crippen molar-refractivity contribution in [3.63, 3.8) is 0 Å². The number of nitrogens with one attached hydrogen (secondary N) is 1. The number of rotatable bonds is 9. The number of ketones is 1. The lowest BCUT2D eigenvalue weighted by Gasteiger charge is -2.37. The maximum Gasteiger partial charge on any atom is 0.251 e. The van der Waals surface area contributed by atoms with Gasteiger partial charge in [-0.2, -0.15) is 0 Å². The van der Waals surface area contributed by atoms with E-state index in [4.69, 9.17) is 5.73 Å². The molecule has 9 nitrogen and oxygen atoms in total. The van der Waals surface area contributed by atoms with E-state index < -0.39 is 17.6 Å². The molecule has 1 aromatic carbocycles. The van der Waals surface area contributed by atoms with Crippen LogP contribution >= 0.6 is 0 Å². The first kappa shape index (κ1) is 29.1. The number of fused-ring (bicyclic) bond motifs is 1. The predicted octanol–water partition coefficient (Wildman–Crippen LogP) is 2.72. The fraction of sp³-hybridized carbons (Fsp3) is 0.667. The summed E-state index contributed by atoms with van der Waals surface area (Å²) in [5, 5.41) is 2.95. The number of carbonyl (C=O) groups is 4. The predicted molar refractivity (Wildman–Crippen MR) is 151 cm³/mol. The van der Waals surface area contributed by atoms with E-state index in [-0.39, 0.29) is 42.0 Å². The summed E-state index contributed by atoms with van der Waals surface area (Å²) in [4.78, 5) is 59.1. The van der Waals surface area contributed by atoms with E-state index in [9.17, 15) is 19.2 Å². The van der Waals surface area contributed by atoms with Crippen LogP contribution in [0.3, 0.4) is 0 Å². The first-order valence-electron chi connectivity index (χ1n) is 14.7. The number of nitrogens with zero attached hydrogens (tertiary/aromatic N) is 3. The molecule has 9 heteroatoms. The van der Waals surface area contributed by atoms with Crippen molar-refractivity contribution in [3.05, 3.63) is 29.8 Å². The molecule has 3 amide bonds. The van der Waals surface area contributed by atoms with Crippen LogP contribution in [0.5, 0.6) is 0 Å². The normalized spacial score (nSPS) is 23.1. The van der Waals surface area contributed by atoms with Gasteiger partial charge in [0.1, 0.15) is 12.1 Å². The highest BCUT2D eigenvalue weighted by atomic mass is 16.2. The van der Waals surface area contributed by atoms with Crippen LogP contribution in [0.2, 0.25) is 0 Å². The summed E-state index contributed by atoms with van der Waals surface area (Å²) in [6.45, 7) is 10.3. The number of Topliss-reactive ketones (excluding diaryl/α,β-unsaturated/α-hetero) is 1. The topological polar surface area (TPSA) is 116 Å². The molecule has 3 fully saturated rings. The Labute approximate surface area is 232 Å². The van der Waals surface area contributed by atoms with E-state index in [0.29, 0.717) is 37.8 Å². The Hall–Kier alpha value is -2.94. The van der Waals surface area contributed by atoms with Gasteiger partial charge in [-0.05, 0) is 69.7 Å². The summed E-state index contributed by atoms with van der Waals surface area (Å²) in [7, 11) is 0. The molecule has 3 aliphatic rings. The fourth-order valence-electron chi connectivity index (χ4n) is 6.57. The van der Waals surface area contributed by atoms with Gasteiger partial charge in [0.15, 0.2) is 5.78 Å². The molecule has 0 aromatic heterocycles. The Balaban J connectivity index is 1.47. The van der Waals surface area contributed by atoms with Crippen molar-refractivity contribution in [1.29, 1.82) is 0 Å². The van der Waals surface area contributed by atoms with Gasteiger partial charge in [-0.15, -0.1) is 0 Å². The highest BCUT2D eigenvalue weighted by Crippen LogP contribution is 2.35. The molecule has 3 atom stereocenters. The van der Waals surface area contributed by atoms with Crippen LogP contribution in [0.4, 0.5) is 5.69 Å². The first-order chi connectivity index (χ1) is 18.6. The van der Waals surface area contributed by atoms with Gasteiger partial charge in [-0.3, -0.25) is 19.2 Å². The Morgan fingerprint density at radius 2 is 1.69 bits per heavy atom. The third-order valence-corrected chi connectivity index (χ3v) is 8.71. The molecule has 1 aliphatic carbocycles. The van der Waals surface area contributed by atoms with Gasteiger partial charge in [-0.1, -0.05) is 33.1 Å². The van der Waals surface area contributed by atoms with Crippen molar-refractivity contribution in [2.75, 3.05) is 31.1 Å². The highest BCUT2D eigenvalue weighted by Gasteiger charge is 2.54. The zero-order valence-corrected chi connectivity index (χ0v) is 23.9. The van der Waals surface area contributed by atoms with Crippen molar-refractivity contribution in [2.24, 2.45) is 11.7 Å². The Bertz CT molecular complexity index is 1060. The lowest BCUT2D eigenvalue weighted by atomic mass is 9.81. The molecule has 3 N–H and O–H groups in total. The van der Waals surface area contributed by atoms with E-state index in [1.54, 1.807) is 21.9 Å². The molecule has 0 radical (unpaired) electrons. The number of hydrogen-bond acceptors (Lipinski definition) is 6. The molecule has 1 saturated carbocycles. The lowest BCUT2D eigenvalue weighted by Crippen LogP contribution is -2.58. The zero-order chi connectivity index (χ0) is 28.3. The molecule has 4 rings (SSSR count). The number of benzene rings is 1. The van der Waals surface area contributed by atoms with Gasteiger partial charge in [-0.25, -0.2) is 0 Å². The van der Waals surface area contributed by atoms with Gasteiger partial charge >= 0.3 is 0 Å². The second-order valence-electron chi connectivity index (χ2n) is 11.8. The van der Waals surface area contributed by atoms with Crippen LogP contribution in [0.15, 0.2) is 24.3 Å². The molecule has 2 saturated heterocycles. The number of anilines is 1. The van der Waals surface area contributed by atoms with E-state index in [0.717, 1.165) is 38.0 Å². The molecule has 2 heterocycles. The minimum atomic E-state index is -0.917. The molecule has 1 aromatic rings. The third kappa shape index (κ3) is 5.98. The lowest BCUT2D eigenvalue weighted by molar-refractivity contribution is -0.140. The van der Waals surface area contributed by atoms with Crippen LogP contribution in [0.1, 0.15) is 83.0 Å². The summed E-state index contributed by atoms with van der Waals surface area (Å²) in [5.41, 5.74) is 7.14. The molecule has 0 spiro atoms. The van der Waals surface area contributed by atoms with Gasteiger partial charge in [0.05, 0.1) is 18.1 Å². The minimum Gasteiger partial charge on any atom is -0.372 e. The number of likely N-dealkylation sites (tertiary alicyclic amines) is 2.